The molecular weight excluding hydrogens is 332 g/mol. The third-order valence-corrected chi connectivity index (χ3v) is 5.60. The minimum atomic E-state index is -0.365. The molecule has 1 unspecified atom stereocenters. The van der Waals surface area contributed by atoms with E-state index in [1.807, 2.05) is 38.3 Å². The minimum absolute atomic E-state index is 0.163. The summed E-state index contributed by atoms with van der Waals surface area (Å²) in [4.78, 5) is 13.1. The Morgan fingerprint density at radius 3 is 2.87 bits per heavy atom. The second-order valence-electron chi connectivity index (χ2n) is 6.45. The molecule has 2 aromatic rings. The molecule has 3 rings (SSSR count). The van der Waals surface area contributed by atoms with Crippen LogP contribution < -0.4 is 15.8 Å². The maximum Gasteiger partial charge on any atom is 0.263 e. The van der Waals surface area contributed by atoms with Crippen molar-refractivity contribution in [3.8, 4) is 5.75 Å². The highest BCUT2D eigenvalue weighted by Crippen LogP contribution is 2.40. The van der Waals surface area contributed by atoms with Gasteiger partial charge in [0.1, 0.15) is 16.2 Å². The summed E-state index contributed by atoms with van der Waals surface area (Å²) in [5, 5.41) is 5.49. The molecule has 0 saturated carbocycles. The van der Waals surface area contributed by atoms with Gasteiger partial charge in [-0.1, -0.05) is 11.6 Å². The Bertz CT molecular complexity index is 770. The molecule has 0 spiro atoms. The SMILES string of the molecule is Cc1csc(C(=O)NC2CC(C)(C)Oc3ccc(N)cc32)c1Cl. The van der Waals surface area contributed by atoms with Crippen LogP contribution in [-0.4, -0.2) is 11.5 Å². The summed E-state index contributed by atoms with van der Waals surface area (Å²) in [7, 11) is 0. The number of benzene rings is 1. The average Bonchev–Trinajstić information content (AvgIpc) is 2.79. The number of carbonyl (C=O) groups excluding carboxylic acids is 1. The predicted octanol–water partition coefficient (Wildman–Crippen LogP) is 4.32. The van der Waals surface area contributed by atoms with Crippen LogP contribution in [0, 0.1) is 6.92 Å². The maximum absolute atomic E-state index is 12.6. The van der Waals surface area contributed by atoms with E-state index >= 15 is 0 Å². The van der Waals surface area contributed by atoms with Gasteiger partial charge in [0.25, 0.3) is 5.91 Å². The Morgan fingerprint density at radius 1 is 1.48 bits per heavy atom. The van der Waals surface area contributed by atoms with E-state index in [1.165, 1.54) is 11.3 Å². The fourth-order valence-electron chi connectivity index (χ4n) is 2.81. The van der Waals surface area contributed by atoms with E-state index in [0.29, 0.717) is 22.0 Å². The zero-order chi connectivity index (χ0) is 16.8. The molecule has 1 atom stereocenters. The zero-order valence-corrected chi connectivity index (χ0v) is 14.8. The number of hydrogen-bond acceptors (Lipinski definition) is 4. The fourth-order valence-corrected chi connectivity index (χ4v) is 3.99. The van der Waals surface area contributed by atoms with Gasteiger partial charge in [0.2, 0.25) is 0 Å². The van der Waals surface area contributed by atoms with E-state index in [0.717, 1.165) is 16.9 Å². The number of carbonyl (C=O) groups is 1. The van der Waals surface area contributed by atoms with E-state index in [9.17, 15) is 4.79 Å². The van der Waals surface area contributed by atoms with Crippen LogP contribution in [0.25, 0.3) is 0 Å². The molecule has 2 heterocycles. The second-order valence-corrected chi connectivity index (χ2v) is 7.71. The monoisotopic (exact) mass is 350 g/mol. The summed E-state index contributed by atoms with van der Waals surface area (Å²) in [6, 6.07) is 5.35. The van der Waals surface area contributed by atoms with Gasteiger partial charge >= 0.3 is 0 Å². The summed E-state index contributed by atoms with van der Waals surface area (Å²) < 4.78 is 5.99. The first-order chi connectivity index (χ1) is 10.8. The van der Waals surface area contributed by atoms with Crippen molar-refractivity contribution >= 4 is 34.5 Å². The van der Waals surface area contributed by atoms with Crippen LogP contribution in [0.4, 0.5) is 5.69 Å². The molecule has 0 fully saturated rings. The van der Waals surface area contributed by atoms with E-state index in [-0.39, 0.29) is 17.6 Å². The highest BCUT2D eigenvalue weighted by molar-refractivity contribution is 7.13. The predicted molar refractivity (Wildman–Crippen MR) is 94.5 cm³/mol. The third-order valence-electron chi connectivity index (χ3n) is 3.90. The van der Waals surface area contributed by atoms with Gasteiger partial charge in [0, 0.05) is 17.7 Å². The molecule has 1 aliphatic heterocycles. The van der Waals surface area contributed by atoms with Crippen molar-refractivity contribution in [2.24, 2.45) is 0 Å². The third kappa shape index (κ3) is 3.16. The molecule has 4 nitrogen and oxygen atoms in total. The lowest BCUT2D eigenvalue weighted by Gasteiger charge is -2.38. The number of anilines is 1. The minimum Gasteiger partial charge on any atom is -0.487 e. The summed E-state index contributed by atoms with van der Waals surface area (Å²) in [5.74, 6) is 0.596. The van der Waals surface area contributed by atoms with Crippen LogP contribution in [0.15, 0.2) is 23.6 Å². The molecule has 0 aliphatic carbocycles. The molecule has 0 bridgehead atoms. The summed E-state index contributed by atoms with van der Waals surface area (Å²) >= 11 is 7.56. The van der Waals surface area contributed by atoms with Crippen molar-refractivity contribution in [2.75, 3.05) is 5.73 Å². The maximum atomic E-state index is 12.6. The standard InChI is InChI=1S/C17H19ClN2O2S/c1-9-8-23-15(14(9)18)16(21)20-12-7-17(2,3)22-13-5-4-10(19)6-11(12)13/h4-6,8,12H,7,19H2,1-3H3,(H,20,21). The fraction of sp³-hybridized carbons (Fsp3) is 0.353. The van der Waals surface area contributed by atoms with Gasteiger partial charge in [-0.25, -0.2) is 0 Å². The molecule has 3 N–H and O–H groups in total. The molecule has 122 valence electrons. The van der Waals surface area contributed by atoms with Crippen molar-refractivity contribution in [1.82, 2.24) is 5.32 Å². The molecule has 1 aromatic carbocycles. The van der Waals surface area contributed by atoms with Crippen LogP contribution in [-0.2, 0) is 0 Å². The van der Waals surface area contributed by atoms with Crippen LogP contribution in [0.1, 0.15) is 47.1 Å². The Hall–Kier alpha value is -1.72. The number of hydrogen-bond donors (Lipinski definition) is 2. The van der Waals surface area contributed by atoms with Crippen LogP contribution >= 0.6 is 22.9 Å². The lowest BCUT2D eigenvalue weighted by atomic mass is 9.89. The molecule has 0 saturated heterocycles. The number of nitrogen functional groups attached to an aromatic ring is 1. The molecule has 1 aromatic heterocycles. The average molecular weight is 351 g/mol. The number of rotatable bonds is 2. The summed E-state index contributed by atoms with van der Waals surface area (Å²) in [6.07, 6.45) is 0.664. The van der Waals surface area contributed by atoms with Gasteiger partial charge in [-0.2, -0.15) is 0 Å². The summed E-state index contributed by atoms with van der Waals surface area (Å²) in [5.41, 5.74) is 8.00. The van der Waals surface area contributed by atoms with Crippen molar-refractivity contribution in [3.05, 3.63) is 44.6 Å². The van der Waals surface area contributed by atoms with Gasteiger partial charge in [-0.15, -0.1) is 11.3 Å². The van der Waals surface area contributed by atoms with Gasteiger partial charge in [0.15, 0.2) is 0 Å². The topological polar surface area (TPSA) is 64.3 Å². The normalized spacial score (nSPS) is 18.9. The Balaban J connectivity index is 1.92. The number of aryl methyl sites for hydroxylation is 1. The quantitative estimate of drug-likeness (QED) is 0.792. The number of thiophene rings is 1. The van der Waals surface area contributed by atoms with Crippen molar-refractivity contribution in [2.45, 2.75) is 38.8 Å². The first kappa shape index (κ1) is 16.1. The van der Waals surface area contributed by atoms with Gasteiger partial charge < -0.3 is 15.8 Å². The van der Waals surface area contributed by atoms with Crippen LogP contribution in [0.5, 0.6) is 5.75 Å². The Kier molecular flexibility index (Phi) is 4.02. The zero-order valence-electron chi connectivity index (χ0n) is 13.3. The van der Waals surface area contributed by atoms with Gasteiger partial charge in [0.05, 0.1) is 11.1 Å². The van der Waals surface area contributed by atoms with E-state index in [1.54, 1.807) is 6.07 Å². The van der Waals surface area contributed by atoms with E-state index in [4.69, 9.17) is 22.1 Å². The largest absolute Gasteiger partial charge is 0.487 e. The first-order valence-electron chi connectivity index (χ1n) is 7.40. The molecular formula is C17H19ClN2O2S. The molecule has 0 radical (unpaired) electrons. The van der Waals surface area contributed by atoms with Crippen molar-refractivity contribution in [3.63, 3.8) is 0 Å². The Morgan fingerprint density at radius 2 is 2.22 bits per heavy atom. The van der Waals surface area contributed by atoms with E-state index < -0.39 is 0 Å². The van der Waals surface area contributed by atoms with Crippen molar-refractivity contribution in [1.29, 1.82) is 0 Å². The van der Waals surface area contributed by atoms with Crippen molar-refractivity contribution < 1.29 is 9.53 Å². The van der Waals surface area contributed by atoms with Crippen LogP contribution in [0.2, 0.25) is 5.02 Å². The number of ether oxygens (including phenoxy) is 1. The van der Waals surface area contributed by atoms with Gasteiger partial charge in [-0.3, -0.25) is 4.79 Å². The number of halogens is 1. The molecule has 1 amide bonds. The Labute approximate surface area is 144 Å². The lowest BCUT2D eigenvalue weighted by molar-refractivity contribution is 0.0621. The first-order valence-corrected chi connectivity index (χ1v) is 8.65. The molecule has 23 heavy (non-hydrogen) atoms. The highest BCUT2D eigenvalue weighted by Gasteiger charge is 2.35. The number of amides is 1. The number of fused-ring (bicyclic) bond motifs is 1. The van der Waals surface area contributed by atoms with Gasteiger partial charge in [-0.05, 0) is 49.9 Å². The smallest absolute Gasteiger partial charge is 0.263 e. The lowest BCUT2D eigenvalue weighted by Crippen LogP contribution is -2.41. The number of nitrogens with two attached hydrogens (primary N) is 1. The number of nitrogens with one attached hydrogen (secondary N) is 1. The second kappa shape index (κ2) is 5.73. The molecule has 1 aliphatic rings. The molecule has 6 heteroatoms. The van der Waals surface area contributed by atoms with E-state index in [2.05, 4.69) is 5.32 Å². The highest BCUT2D eigenvalue weighted by atomic mass is 35.5. The summed E-state index contributed by atoms with van der Waals surface area (Å²) in [6.45, 7) is 5.91. The van der Waals surface area contributed by atoms with Crippen LogP contribution in [0.3, 0.4) is 0 Å².